The third-order valence-electron chi connectivity index (χ3n) is 3.91. The minimum absolute atomic E-state index is 0. The van der Waals surface area contributed by atoms with Crippen LogP contribution in [0, 0.1) is 23.0 Å². The Hall–Kier alpha value is -2.60. The molecule has 9 heteroatoms. The van der Waals surface area contributed by atoms with E-state index >= 15 is 0 Å². The molecule has 0 aliphatic heterocycles. The molecule has 0 saturated carbocycles. The highest BCUT2D eigenvalue weighted by Crippen LogP contribution is 2.31. The predicted octanol–water partition coefficient (Wildman–Crippen LogP) is 4.08. The molecule has 0 unspecified atom stereocenters. The first kappa shape index (κ1) is 21.7. The molecule has 0 aliphatic rings. The molecule has 0 N–H and O–H groups in total. The highest BCUT2D eigenvalue weighted by Gasteiger charge is 2.22. The summed E-state index contributed by atoms with van der Waals surface area (Å²) >= 11 is 1.06. The average Bonchev–Trinajstić information content (AvgIpc) is 3.05. The zero-order valence-electron chi connectivity index (χ0n) is 15.1. The zero-order chi connectivity index (χ0) is 19.6. The second kappa shape index (κ2) is 9.06. The third-order valence-corrected chi connectivity index (χ3v) is 4.94. The molecule has 28 heavy (non-hydrogen) atoms. The summed E-state index contributed by atoms with van der Waals surface area (Å²) in [6.07, 6.45) is 0. The Morgan fingerprint density at radius 2 is 1.86 bits per heavy atom. The normalized spacial score (nSPS) is 10.6. The van der Waals surface area contributed by atoms with Gasteiger partial charge in [0.2, 0.25) is 0 Å². The molecule has 1 heterocycles. The number of benzene rings is 2. The summed E-state index contributed by atoms with van der Waals surface area (Å²) < 4.78 is 27.8. The number of carbonyl (C=O) groups is 1. The number of halogens is 3. The first-order valence-electron chi connectivity index (χ1n) is 8.11. The first-order valence-corrected chi connectivity index (χ1v) is 8.93. The van der Waals surface area contributed by atoms with Crippen LogP contribution >= 0.6 is 23.7 Å². The lowest BCUT2D eigenvalue weighted by atomic mass is 10.1. The maximum Gasteiger partial charge on any atom is 0.260 e. The summed E-state index contributed by atoms with van der Waals surface area (Å²) in [5.41, 5.74) is 0.876. The van der Waals surface area contributed by atoms with Crippen LogP contribution < -0.4 is 4.90 Å². The van der Waals surface area contributed by atoms with Gasteiger partial charge < -0.3 is 4.90 Å². The van der Waals surface area contributed by atoms with E-state index in [2.05, 4.69) is 4.98 Å². The fourth-order valence-electron chi connectivity index (χ4n) is 2.49. The van der Waals surface area contributed by atoms with E-state index in [-0.39, 0.29) is 23.8 Å². The Balaban J connectivity index is 0.00000280. The Kier molecular flexibility index (Phi) is 7.02. The van der Waals surface area contributed by atoms with Gasteiger partial charge in [-0.05, 0) is 44.4 Å². The van der Waals surface area contributed by atoms with Crippen molar-refractivity contribution in [3.8, 4) is 6.07 Å². The van der Waals surface area contributed by atoms with Gasteiger partial charge in [0.1, 0.15) is 11.3 Å². The van der Waals surface area contributed by atoms with Crippen molar-refractivity contribution in [1.29, 1.82) is 5.26 Å². The molecule has 0 radical (unpaired) electrons. The summed E-state index contributed by atoms with van der Waals surface area (Å²) in [6, 6.07) is 10.2. The van der Waals surface area contributed by atoms with Crippen LogP contribution in [0.1, 0.15) is 15.9 Å². The van der Waals surface area contributed by atoms with E-state index in [1.807, 2.05) is 25.1 Å². The largest absolute Gasteiger partial charge is 0.308 e. The van der Waals surface area contributed by atoms with Crippen molar-refractivity contribution in [3.63, 3.8) is 0 Å². The van der Waals surface area contributed by atoms with Crippen molar-refractivity contribution < 1.29 is 13.6 Å². The van der Waals surface area contributed by atoms with E-state index < -0.39 is 11.6 Å². The van der Waals surface area contributed by atoms with Crippen molar-refractivity contribution >= 4 is 45.0 Å². The van der Waals surface area contributed by atoms with Crippen molar-refractivity contribution in [3.05, 3.63) is 59.2 Å². The zero-order valence-corrected chi connectivity index (χ0v) is 16.8. The Bertz CT molecular complexity index is 1030. The van der Waals surface area contributed by atoms with Crippen LogP contribution in [0.3, 0.4) is 0 Å². The number of anilines is 1. The van der Waals surface area contributed by atoms with E-state index in [4.69, 9.17) is 5.26 Å². The molecular weight excluding hydrogens is 406 g/mol. The number of nitrogens with zero attached hydrogens (tertiary/aromatic N) is 4. The number of fused-ring (bicyclic) bond motifs is 1. The van der Waals surface area contributed by atoms with Crippen LogP contribution in [0.2, 0.25) is 0 Å². The topological polar surface area (TPSA) is 60.2 Å². The van der Waals surface area contributed by atoms with Crippen molar-refractivity contribution in [2.75, 3.05) is 32.1 Å². The van der Waals surface area contributed by atoms with Gasteiger partial charge in [-0.3, -0.25) is 9.69 Å². The molecule has 0 bridgehead atoms. The van der Waals surface area contributed by atoms with E-state index in [1.54, 1.807) is 24.3 Å². The summed E-state index contributed by atoms with van der Waals surface area (Å²) in [4.78, 5) is 20.6. The van der Waals surface area contributed by atoms with Gasteiger partial charge in [-0.15, -0.1) is 12.4 Å². The standard InChI is InChI=1S/C19H16F2N4OS.ClH/c1-24(2)7-8-25(18(26)13-5-3-12(11-22)4-6-13)19-23-17-15(21)9-14(20)10-16(17)27-19;/h3-6,9-10H,7-8H2,1-2H3;1H. The number of nitriles is 1. The fraction of sp³-hybridized carbons (Fsp3) is 0.211. The number of hydrogen-bond donors (Lipinski definition) is 0. The molecule has 3 aromatic rings. The maximum atomic E-state index is 14.0. The van der Waals surface area contributed by atoms with E-state index in [0.29, 0.717) is 34.0 Å². The van der Waals surface area contributed by atoms with Gasteiger partial charge in [-0.25, -0.2) is 13.8 Å². The Morgan fingerprint density at radius 3 is 2.46 bits per heavy atom. The van der Waals surface area contributed by atoms with Crippen molar-refractivity contribution in [2.45, 2.75) is 0 Å². The molecular formula is C19H17ClF2N4OS. The molecule has 2 aromatic carbocycles. The van der Waals surface area contributed by atoms with Crippen molar-refractivity contribution in [2.24, 2.45) is 0 Å². The molecule has 3 rings (SSSR count). The van der Waals surface area contributed by atoms with Crippen molar-refractivity contribution in [1.82, 2.24) is 9.88 Å². The van der Waals surface area contributed by atoms with E-state index in [0.717, 1.165) is 17.4 Å². The monoisotopic (exact) mass is 422 g/mol. The van der Waals surface area contributed by atoms with Gasteiger partial charge in [0, 0.05) is 24.7 Å². The van der Waals surface area contributed by atoms with Crippen LogP contribution in [0.15, 0.2) is 36.4 Å². The molecule has 0 aliphatic carbocycles. The predicted molar refractivity (Wildman–Crippen MR) is 108 cm³/mol. The summed E-state index contributed by atoms with van der Waals surface area (Å²) in [5, 5.41) is 9.20. The summed E-state index contributed by atoms with van der Waals surface area (Å²) in [7, 11) is 3.75. The number of amides is 1. The number of carbonyl (C=O) groups excluding carboxylic acids is 1. The second-order valence-corrected chi connectivity index (χ2v) is 7.19. The minimum Gasteiger partial charge on any atom is -0.308 e. The van der Waals surface area contributed by atoms with Gasteiger partial charge >= 0.3 is 0 Å². The number of likely N-dealkylation sites (N-methyl/N-ethyl adjacent to an activating group) is 1. The summed E-state index contributed by atoms with van der Waals surface area (Å²) in [5.74, 6) is -1.76. The molecule has 0 saturated heterocycles. The summed E-state index contributed by atoms with van der Waals surface area (Å²) in [6.45, 7) is 0.893. The average molecular weight is 423 g/mol. The van der Waals surface area contributed by atoms with Gasteiger partial charge in [-0.1, -0.05) is 11.3 Å². The fourth-order valence-corrected chi connectivity index (χ4v) is 3.52. The number of aromatic nitrogens is 1. The van der Waals surface area contributed by atoms with Crippen LogP contribution in [-0.2, 0) is 0 Å². The van der Waals surface area contributed by atoms with Gasteiger partial charge in [0.05, 0.1) is 16.3 Å². The lowest BCUT2D eigenvalue weighted by Crippen LogP contribution is -2.36. The quantitative estimate of drug-likeness (QED) is 0.621. The molecule has 5 nitrogen and oxygen atoms in total. The Labute approximate surface area is 171 Å². The molecule has 1 amide bonds. The highest BCUT2D eigenvalue weighted by molar-refractivity contribution is 7.22. The Morgan fingerprint density at radius 1 is 1.18 bits per heavy atom. The third kappa shape index (κ3) is 4.62. The molecule has 0 spiro atoms. The van der Waals surface area contributed by atoms with Crippen LogP contribution in [0.4, 0.5) is 13.9 Å². The minimum atomic E-state index is -0.758. The number of thiazole rings is 1. The van der Waals surface area contributed by atoms with Gasteiger partial charge in [0.25, 0.3) is 5.91 Å². The molecule has 1 aromatic heterocycles. The van der Waals surface area contributed by atoms with Crippen LogP contribution in [0.25, 0.3) is 10.2 Å². The first-order chi connectivity index (χ1) is 12.9. The van der Waals surface area contributed by atoms with Gasteiger partial charge in [0.15, 0.2) is 10.9 Å². The SMILES string of the molecule is CN(C)CCN(C(=O)c1ccc(C#N)cc1)c1nc2c(F)cc(F)cc2s1.Cl. The smallest absolute Gasteiger partial charge is 0.260 e. The number of hydrogen-bond acceptors (Lipinski definition) is 5. The molecule has 0 fully saturated rings. The van der Waals surface area contributed by atoms with Gasteiger partial charge in [-0.2, -0.15) is 5.26 Å². The second-order valence-electron chi connectivity index (χ2n) is 6.18. The van der Waals surface area contributed by atoms with E-state index in [1.165, 1.54) is 11.0 Å². The number of rotatable bonds is 5. The van der Waals surface area contributed by atoms with Crippen LogP contribution in [0.5, 0.6) is 0 Å². The lowest BCUT2D eigenvalue weighted by Gasteiger charge is -2.22. The molecule has 0 atom stereocenters. The highest BCUT2D eigenvalue weighted by atomic mass is 35.5. The lowest BCUT2D eigenvalue weighted by molar-refractivity contribution is 0.0985. The van der Waals surface area contributed by atoms with E-state index in [9.17, 15) is 13.6 Å². The van der Waals surface area contributed by atoms with Crippen LogP contribution in [-0.4, -0.2) is 43.0 Å². The maximum absolute atomic E-state index is 14.0. The molecule has 146 valence electrons.